The fraction of sp³-hybridized carbons (Fsp3) is 0.381. The van der Waals surface area contributed by atoms with Crippen LogP contribution in [0.2, 0.25) is 0 Å². The van der Waals surface area contributed by atoms with Gasteiger partial charge < -0.3 is 14.8 Å². The zero-order chi connectivity index (χ0) is 18.0. The highest BCUT2D eigenvalue weighted by atomic mass is 16.5. The summed E-state index contributed by atoms with van der Waals surface area (Å²) in [6.45, 7) is 3.34. The first kappa shape index (κ1) is 16.9. The third-order valence-electron chi connectivity index (χ3n) is 5.34. The van der Waals surface area contributed by atoms with Gasteiger partial charge in [0.05, 0.1) is 19.2 Å². The van der Waals surface area contributed by atoms with E-state index in [1.807, 2.05) is 36.4 Å². The lowest BCUT2D eigenvalue weighted by molar-refractivity contribution is 0.00393. The van der Waals surface area contributed by atoms with Crippen LogP contribution in [0.15, 0.2) is 48.5 Å². The molecule has 0 radical (unpaired) electrons. The van der Waals surface area contributed by atoms with Gasteiger partial charge in [0.2, 0.25) is 0 Å². The van der Waals surface area contributed by atoms with E-state index in [1.165, 1.54) is 5.56 Å². The molecule has 0 unspecified atom stereocenters. The number of amides is 1. The zero-order valence-corrected chi connectivity index (χ0v) is 15.0. The average molecular weight is 352 g/mol. The van der Waals surface area contributed by atoms with Gasteiger partial charge in [0.15, 0.2) is 0 Å². The van der Waals surface area contributed by atoms with Crippen molar-refractivity contribution in [3.63, 3.8) is 0 Å². The number of carbonyl (C=O) groups excluding carboxylic acids is 1. The van der Waals surface area contributed by atoms with E-state index in [0.29, 0.717) is 17.9 Å². The molecule has 0 atom stereocenters. The van der Waals surface area contributed by atoms with Crippen LogP contribution in [0.25, 0.3) is 0 Å². The number of rotatable bonds is 3. The number of piperidine rings is 1. The van der Waals surface area contributed by atoms with Gasteiger partial charge in [-0.3, -0.25) is 9.69 Å². The van der Waals surface area contributed by atoms with Gasteiger partial charge in [0, 0.05) is 32.5 Å². The standard InChI is InChI=1S/C21H24N2O3/c1-25-17-6-4-5-16(13-17)14-23-11-9-21(10-12-23)15-22-20(24)18-7-2-3-8-19(18)26-21/h2-8,13H,9-12,14-15H2,1H3,(H,22,24). The van der Waals surface area contributed by atoms with Crippen LogP contribution < -0.4 is 14.8 Å². The van der Waals surface area contributed by atoms with E-state index in [9.17, 15) is 4.79 Å². The number of para-hydroxylation sites is 1. The maximum Gasteiger partial charge on any atom is 0.255 e. The highest BCUT2D eigenvalue weighted by Crippen LogP contribution is 2.33. The van der Waals surface area contributed by atoms with Gasteiger partial charge in [-0.15, -0.1) is 0 Å². The Bertz CT molecular complexity index is 797. The minimum absolute atomic E-state index is 0.0451. The molecule has 0 aliphatic carbocycles. The van der Waals surface area contributed by atoms with E-state index < -0.39 is 0 Å². The first-order valence-electron chi connectivity index (χ1n) is 9.09. The van der Waals surface area contributed by atoms with Crippen LogP contribution in [0.3, 0.4) is 0 Å². The monoisotopic (exact) mass is 352 g/mol. The number of nitrogens with zero attached hydrogens (tertiary/aromatic N) is 1. The van der Waals surface area contributed by atoms with Crippen molar-refractivity contribution < 1.29 is 14.3 Å². The predicted octanol–water partition coefficient (Wildman–Crippen LogP) is 2.85. The Morgan fingerprint density at radius 2 is 1.96 bits per heavy atom. The Morgan fingerprint density at radius 1 is 1.15 bits per heavy atom. The van der Waals surface area contributed by atoms with Crippen molar-refractivity contribution in [2.75, 3.05) is 26.7 Å². The average Bonchev–Trinajstić information content (AvgIpc) is 2.81. The molecule has 0 aromatic heterocycles. The first-order chi connectivity index (χ1) is 12.7. The Hall–Kier alpha value is -2.53. The molecule has 136 valence electrons. The van der Waals surface area contributed by atoms with E-state index in [2.05, 4.69) is 22.3 Å². The van der Waals surface area contributed by atoms with Crippen LogP contribution in [0.4, 0.5) is 0 Å². The van der Waals surface area contributed by atoms with E-state index in [-0.39, 0.29) is 11.5 Å². The summed E-state index contributed by atoms with van der Waals surface area (Å²) >= 11 is 0. The van der Waals surface area contributed by atoms with Crippen molar-refractivity contribution in [2.45, 2.75) is 25.0 Å². The molecule has 5 nitrogen and oxygen atoms in total. The Labute approximate surface area is 153 Å². The van der Waals surface area contributed by atoms with Crippen molar-refractivity contribution in [3.8, 4) is 11.5 Å². The summed E-state index contributed by atoms with van der Waals surface area (Å²) in [6.07, 6.45) is 1.79. The van der Waals surface area contributed by atoms with Crippen LogP contribution in [0.5, 0.6) is 11.5 Å². The third kappa shape index (κ3) is 3.40. The highest BCUT2D eigenvalue weighted by molar-refractivity contribution is 5.97. The minimum atomic E-state index is -0.312. The Balaban J connectivity index is 1.43. The van der Waals surface area contributed by atoms with Gasteiger partial charge in [-0.2, -0.15) is 0 Å². The Kier molecular flexibility index (Phi) is 4.55. The van der Waals surface area contributed by atoms with Gasteiger partial charge in [0.25, 0.3) is 5.91 Å². The molecule has 2 heterocycles. The molecule has 2 aliphatic heterocycles. The summed E-state index contributed by atoms with van der Waals surface area (Å²) in [5.41, 5.74) is 1.57. The molecule has 1 saturated heterocycles. The lowest BCUT2D eigenvalue weighted by atomic mass is 9.90. The number of fused-ring (bicyclic) bond motifs is 1. The Morgan fingerprint density at radius 3 is 2.77 bits per heavy atom. The fourth-order valence-electron chi connectivity index (χ4n) is 3.78. The number of likely N-dealkylation sites (tertiary alicyclic amines) is 1. The van der Waals surface area contributed by atoms with Crippen LogP contribution in [0.1, 0.15) is 28.8 Å². The quantitative estimate of drug-likeness (QED) is 0.923. The smallest absolute Gasteiger partial charge is 0.255 e. The maximum absolute atomic E-state index is 12.3. The number of carbonyl (C=O) groups is 1. The van der Waals surface area contributed by atoms with Gasteiger partial charge in [-0.1, -0.05) is 24.3 Å². The second kappa shape index (κ2) is 7.00. The number of methoxy groups -OCH3 is 1. The summed E-state index contributed by atoms with van der Waals surface area (Å²) in [6, 6.07) is 15.7. The van der Waals surface area contributed by atoms with Crippen LogP contribution >= 0.6 is 0 Å². The van der Waals surface area contributed by atoms with Crippen molar-refractivity contribution in [1.29, 1.82) is 0 Å². The van der Waals surface area contributed by atoms with Crippen LogP contribution in [-0.4, -0.2) is 43.2 Å². The van der Waals surface area contributed by atoms with Gasteiger partial charge in [-0.05, 0) is 29.8 Å². The molecule has 1 N–H and O–H groups in total. The lowest BCUT2D eigenvalue weighted by Crippen LogP contribution is -2.52. The van der Waals surface area contributed by atoms with Crippen molar-refractivity contribution >= 4 is 5.91 Å². The molecular weight excluding hydrogens is 328 g/mol. The lowest BCUT2D eigenvalue weighted by Gasteiger charge is -2.41. The third-order valence-corrected chi connectivity index (χ3v) is 5.34. The van der Waals surface area contributed by atoms with Gasteiger partial charge >= 0.3 is 0 Å². The number of hydrogen-bond donors (Lipinski definition) is 1. The molecule has 4 rings (SSSR count). The number of hydrogen-bond acceptors (Lipinski definition) is 4. The van der Waals surface area contributed by atoms with Crippen molar-refractivity contribution in [2.24, 2.45) is 0 Å². The van der Waals surface area contributed by atoms with Crippen molar-refractivity contribution in [1.82, 2.24) is 10.2 Å². The molecule has 2 aliphatic rings. The second-order valence-corrected chi connectivity index (χ2v) is 7.09. The maximum atomic E-state index is 12.3. The molecule has 1 spiro atoms. The number of benzene rings is 2. The zero-order valence-electron chi connectivity index (χ0n) is 15.0. The molecule has 0 saturated carbocycles. The second-order valence-electron chi connectivity index (χ2n) is 7.09. The van der Waals surface area contributed by atoms with E-state index >= 15 is 0 Å². The predicted molar refractivity (Wildman–Crippen MR) is 99.6 cm³/mol. The molecule has 1 fully saturated rings. The fourth-order valence-corrected chi connectivity index (χ4v) is 3.78. The van der Waals surface area contributed by atoms with E-state index in [1.54, 1.807) is 7.11 Å². The summed E-state index contributed by atoms with van der Waals surface area (Å²) in [5.74, 6) is 1.54. The van der Waals surface area contributed by atoms with E-state index in [4.69, 9.17) is 9.47 Å². The summed E-state index contributed by atoms with van der Waals surface area (Å²) in [4.78, 5) is 14.7. The van der Waals surface area contributed by atoms with Crippen molar-refractivity contribution in [3.05, 3.63) is 59.7 Å². The van der Waals surface area contributed by atoms with Gasteiger partial charge in [0.1, 0.15) is 17.1 Å². The summed E-state index contributed by atoms with van der Waals surface area (Å²) < 4.78 is 11.7. The number of ether oxygens (including phenoxy) is 2. The number of nitrogens with one attached hydrogen (secondary N) is 1. The normalized spacial score (nSPS) is 19.2. The van der Waals surface area contributed by atoms with Crippen LogP contribution in [0, 0.1) is 0 Å². The largest absolute Gasteiger partial charge is 0.497 e. The summed E-state index contributed by atoms with van der Waals surface area (Å²) in [5, 5.41) is 3.04. The molecule has 5 heteroatoms. The molecular formula is C21H24N2O3. The molecule has 1 amide bonds. The highest BCUT2D eigenvalue weighted by Gasteiger charge is 2.39. The molecule has 2 aromatic carbocycles. The molecule has 2 aromatic rings. The van der Waals surface area contributed by atoms with Gasteiger partial charge in [-0.25, -0.2) is 0 Å². The molecule has 26 heavy (non-hydrogen) atoms. The first-order valence-corrected chi connectivity index (χ1v) is 9.09. The topological polar surface area (TPSA) is 50.8 Å². The summed E-state index contributed by atoms with van der Waals surface area (Å²) in [7, 11) is 1.69. The molecule has 0 bridgehead atoms. The van der Waals surface area contributed by atoms with E-state index in [0.717, 1.165) is 38.2 Å². The minimum Gasteiger partial charge on any atom is -0.497 e. The van der Waals surface area contributed by atoms with Crippen LogP contribution in [-0.2, 0) is 6.54 Å². The SMILES string of the molecule is COc1cccc(CN2CCC3(CC2)CNC(=O)c2ccccc2O3)c1.